The molecule has 1 aliphatic heterocycles. The number of amides is 1. The minimum absolute atomic E-state index is 0.0145. The monoisotopic (exact) mass is 370 g/mol. The topological polar surface area (TPSA) is 51.1 Å². The number of benzene rings is 2. The SMILES string of the molecule is COCC(=O)N(Cc1ccc(F)cc1)C[C@@H]1CC(c2ccccc2C)=NO1. The van der Waals surface area contributed by atoms with Crippen LogP contribution in [0, 0.1) is 12.7 Å². The molecule has 0 fully saturated rings. The molecular formula is C21H23FN2O3. The van der Waals surface area contributed by atoms with Gasteiger partial charge in [0.15, 0.2) is 6.10 Å². The van der Waals surface area contributed by atoms with Gasteiger partial charge in [0, 0.05) is 25.6 Å². The van der Waals surface area contributed by atoms with Crippen molar-refractivity contribution >= 4 is 11.6 Å². The first-order chi connectivity index (χ1) is 13.1. The Morgan fingerprint density at radius 2 is 2.00 bits per heavy atom. The fourth-order valence-corrected chi connectivity index (χ4v) is 3.11. The van der Waals surface area contributed by atoms with Gasteiger partial charge in [-0.25, -0.2) is 4.39 Å². The summed E-state index contributed by atoms with van der Waals surface area (Å²) in [6.07, 6.45) is 0.409. The first-order valence-electron chi connectivity index (χ1n) is 8.86. The smallest absolute Gasteiger partial charge is 0.248 e. The van der Waals surface area contributed by atoms with E-state index in [1.807, 2.05) is 31.2 Å². The van der Waals surface area contributed by atoms with E-state index in [1.165, 1.54) is 19.2 Å². The van der Waals surface area contributed by atoms with Gasteiger partial charge in [-0.2, -0.15) is 0 Å². The Kier molecular flexibility index (Phi) is 6.19. The van der Waals surface area contributed by atoms with Crippen LogP contribution in [0.1, 0.15) is 23.1 Å². The van der Waals surface area contributed by atoms with Crippen LogP contribution in [0.5, 0.6) is 0 Å². The second kappa shape index (κ2) is 8.77. The highest BCUT2D eigenvalue weighted by Crippen LogP contribution is 2.21. The molecule has 0 saturated carbocycles. The highest BCUT2D eigenvalue weighted by Gasteiger charge is 2.27. The summed E-state index contributed by atoms with van der Waals surface area (Å²) < 4.78 is 18.1. The standard InChI is InChI=1S/C21H23FN2O3/c1-15-5-3-4-6-19(15)20-11-18(27-23-20)13-24(21(25)14-26-2)12-16-7-9-17(22)10-8-16/h3-10,18H,11-14H2,1-2H3/t18-/m0/s1. The number of methoxy groups -OCH3 is 1. The van der Waals surface area contributed by atoms with Crippen LogP contribution in [0.3, 0.4) is 0 Å². The van der Waals surface area contributed by atoms with Crippen molar-refractivity contribution in [2.75, 3.05) is 20.3 Å². The van der Waals surface area contributed by atoms with E-state index in [-0.39, 0.29) is 24.4 Å². The first-order valence-corrected chi connectivity index (χ1v) is 8.86. The number of rotatable bonds is 7. The summed E-state index contributed by atoms with van der Waals surface area (Å²) in [4.78, 5) is 19.7. The number of oxime groups is 1. The van der Waals surface area contributed by atoms with Crippen LogP contribution in [0.25, 0.3) is 0 Å². The van der Waals surface area contributed by atoms with Gasteiger partial charge >= 0.3 is 0 Å². The van der Waals surface area contributed by atoms with Gasteiger partial charge in [-0.1, -0.05) is 41.6 Å². The quantitative estimate of drug-likeness (QED) is 0.751. The molecule has 0 unspecified atom stereocenters. The molecule has 1 atom stereocenters. The number of carbonyl (C=O) groups is 1. The van der Waals surface area contributed by atoms with E-state index >= 15 is 0 Å². The molecule has 0 saturated heterocycles. The van der Waals surface area contributed by atoms with Crippen LogP contribution >= 0.6 is 0 Å². The molecule has 3 rings (SSSR count). The summed E-state index contributed by atoms with van der Waals surface area (Å²) >= 11 is 0. The van der Waals surface area contributed by atoms with Crippen molar-refractivity contribution in [2.45, 2.75) is 26.0 Å². The number of halogens is 1. The number of carbonyl (C=O) groups excluding carboxylic acids is 1. The Morgan fingerprint density at radius 1 is 1.26 bits per heavy atom. The largest absolute Gasteiger partial charge is 0.390 e. The molecule has 1 amide bonds. The molecule has 0 bridgehead atoms. The minimum atomic E-state index is -0.302. The summed E-state index contributed by atoms with van der Waals surface area (Å²) in [6.45, 7) is 2.77. The van der Waals surface area contributed by atoms with E-state index in [0.29, 0.717) is 19.5 Å². The molecule has 1 aliphatic rings. The lowest BCUT2D eigenvalue weighted by atomic mass is 10.0. The lowest BCUT2D eigenvalue weighted by Crippen LogP contribution is -2.39. The zero-order valence-corrected chi connectivity index (χ0v) is 15.5. The van der Waals surface area contributed by atoms with Crippen molar-refractivity contribution in [3.63, 3.8) is 0 Å². The van der Waals surface area contributed by atoms with Gasteiger partial charge in [0.1, 0.15) is 12.4 Å². The molecule has 6 heteroatoms. The van der Waals surface area contributed by atoms with E-state index in [0.717, 1.165) is 22.4 Å². The lowest BCUT2D eigenvalue weighted by molar-refractivity contribution is -0.137. The first kappa shape index (κ1) is 19.0. The van der Waals surface area contributed by atoms with Crippen molar-refractivity contribution < 1.29 is 18.8 Å². The number of hydrogen-bond donors (Lipinski definition) is 0. The maximum absolute atomic E-state index is 13.1. The summed E-state index contributed by atoms with van der Waals surface area (Å²) in [7, 11) is 1.49. The van der Waals surface area contributed by atoms with Crippen LogP contribution in [0.2, 0.25) is 0 Å². The predicted octanol–water partition coefficient (Wildman–Crippen LogP) is 3.30. The molecule has 0 radical (unpaired) electrons. The summed E-state index contributed by atoms with van der Waals surface area (Å²) in [6, 6.07) is 14.1. The molecule has 2 aromatic rings. The molecule has 0 aromatic heterocycles. The lowest BCUT2D eigenvalue weighted by Gasteiger charge is -2.24. The summed E-state index contributed by atoms with van der Waals surface area (Å²) in [5.74, 6) is -0.446. The average Bonchev–Trinajstić information content (AvgIpc) is 3.12. The Morgan fingerprint density at radius 3 is 2.70 bits per heavy atom. The fourth-order valence-electron chi connectivity index (χ4n) is 3.11. The fraction of sp³-hybridized carbons (Fsp3) is 0.333. The Hall–Kier alpha value is -2.73. The number of hydrogen-bond acceptors (Lipinski definition) is 4. The highest BCUT2D eigenvalue weighted by molar-refractivity contribution is 6.02. The molecule has 142 valence electrons. The van der Waals surface area contributed by atoms with Crippen molar-refractivity contribution in [1.82, 2.24) is 4.90 Å². The predicted molar refractivity (Wildman–Crippen MR) is 101 cm³/mol. The Bertz CT molecular complexity index is 820. The molecule has 1 heterocycles. The van der Waals surface area contributed by atoms with E-state index in [2.05, 4.69) is 5.16 Å². The van der Waals surface area contributed by atoms with Gasteiger partial charge in [0.2, 0.25) is 5.91 Å². The van der Waals surface area contributed by atoms with Gasteiger partial charge in [0.25, 0.3) is 0 Å². The summed E-state index contributed by atoms with van der Waals surface area (Å²) in [5.41, 5.74) is 3.94. The maximum Gasteiger partial charge on any atom is 0.248 e. The molecule has 0 N–H and O–H groups in total. The van der Waals surface area contributed by atoms with Gasteiger partial charge in [-0.3, -0.25) is 4.79 Å². The third-order valence-electron chi connectivity index (χ3n) is 4.52. The van der Waals surface area contributed by atoms with Gasteiger partial charge in [0.05, 0.1) is 12.3 Å². The van der Waals surface area contributed by atoms with Crippen LogP contribution in [-0.2, 0) is 20.9 Å². The molecule has 0 aliphatic carbocycles. The average molecular weight is 370 g/mol. The van der Waals surface area contributed by atoms with Crippen molar-refractivity contribution in [3.05, 3.63) is 71.0 Å². The molecule has 5 nitrogen and oxygen atoms in total. The molecule has 0 spiro atoms. The number of ether oxygens (including phenoxy) is 1. The number of aryl methyl sites for hydroxylation is 1. The normalized spacial score (nSPS) is 16.0. The van der Waals surface area contributed by atoms with Gasteiger partial charge < -0.3 is 14.5 Å². The third-order valence-corrected chi connectivity index (χ3v) is 4.52. The van der Waals surface area contributed by atoms with E-state index < -0.39 is 0 Å². The van der Waals surface area contributed by atoms with E-state index in [9.17, 15) is 9.18 Å². The van der Waals surface area contributed by atoms with Crippen molar-refractivity contribution in [2.24, 2.45) is 5.16 Å². The second-order valence-corrected chi connectivity index (χ2v) is 6.62. The second-order valence-electron chi connectivity index (χ2n) is 6.62. The van der Waals surface area contributed by atoms with Crippen molar-refractivity contribution in [3.8, 4) is 0 Å². The van der Waals surface area contributed by atoms with Crippen LogP contribution < -0.4 is 0 Å². The van der Waals surface area contributed by atoms with Crippen LogP contribution in [0.4, 0.5) is 4.39 Å². The molecular weight excluding hydrogens is 347 g/mol. The van der Waals surface area contributed by atoms with Gasteiger partial charge in [-0.15, -0.1) is 0 Å². The number of nitrogens with zero attached hydrogens (tertiary/aromatic N) is 2. The van der Waals surface area contributed by atoms with E-state index in [4.69, 9.17) is 9.57 Å². The zero-order valence-electron chi connectivity index (χ0n) is 15.5. The third kappa shape index (κ3) is 4.92. The van der Waals surface area contributed by atoms with Crippen LogP contribution in [0.15, 0.2) is 53.7 Å². The Balaban J connectivity index is 1.67. The van der Waals surface area contributed by atoms with Gasteiger partial charge in [-0.05, 0) is 30.2 Å². The van der Waals surface area contributed by atoms with Crippen LogP contribution in [-0.4, -0.2) is 42.9 Å². The highest BCUT2D eigenvalue weighted by atomic mass is 19.1. The Labute approximate surface area is 158 Å². The summed E-state index contributed by atoms with van der Waals surface area (Å²) in [5, 5.41) is 4.22. The van der Waals surface area contributed by atoms with Crippen molar-refractivity contribution in [1.29, 1.82) is 0 Å². The maximum atomic E-state index is 13.1. The van der Waals surface area contributed by atoms with E-state index in [1.54, 1.807) is 17.0 Å². The minimum Gasteiger partial charge on any atom is -0.390 e. The zero-order chi connectivity index (χ0) is 19.2. The molecule has 2 aromatic carbocycles. The molecule has 27 heavy (non-hydrogen) atoms.